The van der Waals surface area contributed by atoms with E-state index in [1.807, 2.05) is 6.07 Å². The number of hydrogen-bond donors (Lipinski definition) is 0. The molecule has 3 rings (SSSR count). The summed E-state index contributed by atoms with van der Waals surface area (Å²) in [6.07, 6.45) is 0. The molecule has 0 saturated carbocycles. The average Bonchev–Trinajstić information content (AvgIpc) is 2.58. The lowest BCUT2D eigenvalue weighted by Crippen LogP contribution is -2.16. The summed E-state index contributed by atoms with van der Waals surface area (Å²) >= 11 is 5.85. The molecule has 0 fully saturated rings. The van der Waals surface area contributed by atoms with Gasteiger partial charge in [-0.2, -0.15) is 5.11 Å². The van der Waals surface area contributed by atoms with Gasteiger partial charge in [-0.1, -0.05) is 41.9 Å². The second-order valence-electron chi connectivity index (χ2n) is 4.57. The Morgan fingerprint density at radius 2 is 1.52 bits per heavy atom. The van der Waals surface area contributed by atoms with Crippen LogP contribution in [0.4, 0.5) is 5.69 Å². The first kappa shape index (κ1) is 14.9. The predicted molar refractivity (Wildman–Crippen MR) is 84.2 cm³/mol. The number of hydrogen-bond acceptors (Lipinski definition) is 5. The lowest BCUT2D eigenvalue weighted by atomic mass is 10.1. The SMILES string of the molecule is O=C1N=NC(c2ccc(Cl)cc2)=C(N=Nc2ccccc2)C1=O. The van der Waals surface area contributed by atoms with Gasteiger partial charge in [-0.3, -0.25) is 9.59 Å². The van der Waals surface area contributed by atoms with Gasteiger partial charge in [0.25, 0.3) is 5.78 Å². The van der Waals surface area contributed by atoms with E-state index in [1.165, 1.54) is 0 Å². The number of rotatable bonds is 3. The Hall–Kier alpha value is -2.99. The van der Waals surface area contributed by atoms with E-state index in [4.69, 9.17) is 11.6 Å². The van der Waals surface area contributed by atoms with Gasteiger partial charge in [0, 0.05) is 10.6 Å². The van der Waals surface area contributed by atoms with Gasteiger partial charge >= 0.3 is 5.91 Å². The third-order valence-corrected chi connectivity index (χ3v) is 3.27. The molecule has 7 heteroatoms. The normalized spacial score (nSPS) is 14.8. The Kier molecular flexibility index (Phi) is 4.16. The van der Waals surface area contributed by atoms with Crippen LogP contribution in [-0.2, 0) is 9.59 Å². The van der Waals surface area contributed by atoms with Gasteiger partial charge in [0.15, 0.2) is 5.70 Å². The van der Waals surface area contributed by atoms with Crippen LogP contribution in [-0.4, -0.2) is 11.7 Å². The zero-order valence-electron chi connectivity index (χ0n) is 11.7. The van der Waals surface area contributed by atoms with Crippen molar-refractivity contribution in [1.29, 1.82) is 0 Å². The minimum atomic E-state index is -0.968. The maximum absolute atomic E-state index is 12.1. The lowest BCUT2D eigenvalue weighted by Gasteiger charge is -2.08. The summed E-state index contributed by atoms with van der Waals surface area (Å²) in [5.74, 6) is -1.81. The van der Waals surface area contributed by atoms with E-state index >= 15 is 0 Å². The highest BCUT2D eigenvalue weighted by Gasteiger charge is 2.28. The summed E-state index contributed by atoms with van der Waals surface area (Å²) < 4.78 is 0. The first-order valence-corrected chi connectivity index (χ1v) is 7.00. The van der Waals surface area contributed by atoms with Crippen molar-refractivity contribution >= 4 is 34.7 Å². The monoisotopic (exact) mass is 324 g/mol. The maximum Gasteiger partial charge on any atom is 0.338 e. The van der Waals surface area contributed by atoms with Crippen LogP contribution in [0.25, 0.3) is 5.70 Å². The number of amides is 1. The minimum absolute atomic E-state index is 0.142. The Morgan fingerprint density at radius 1 is 0.826 bits per heavy atom. The first-order chi connectivity index (χ1) is 11.1. The van der Waals surface area contributed by atoms with Crippen molar-refractivity contribution in [3.63, 3.8) is 0 Å². The van der Waals surface area contributed by atoms with Crippen LogP contribution in [0, 0.1) is 0 Å². The maximum atomic E-state index is 12.1. The fourth-order valence-electron chi connectivity index (χ4n) is 1.89. The molecule has 2 aromatic rings. The number of carbonyl (C=O) groups excluding carboxylic acids is 2. The lowest BCUT2D eigenvalue weighted by molar-refractivity contribution is -0.134. The van der Waals surface area contributed by atoms with Crippen LogP contribution >= 0.6 is 11.6 Å². The van der Waals surface area contributed by atoms with Crippen LogP contribution in [0.5, 0.6) is 0 Å². The molecule has 0 radical (unpaired) electrons. The van der Waals surface area contributed by atoms with Gasteiger partial charge in [0.05, 0.1) is 5.69 Å². The second-order valence-corrected chi connectivity index (χ2v) is 5.01. The molecule has 23 heavy (non-hydrogen) atoms. The Labute approximate surface area is 136 Å². The highest BCUT2D eigenvalue weighted by atomic mass is 35.5. The molecule has 0 N–H and O–H groups in total. The molecule has 0 spiro atoms. The first-order valence-electron chi connectivity index (χ1n) is 6.62. The van der Waals surface area contributed by atoms with Crippen LogP contribution in [0.3, 0.4) is 0 Å². The minimum Gasteiger partial charge on any atom is -0.281 e. The number of ketones is 1. The second kappa shape index (κ2) is 6.41. The largest absolute Gasteiger partial charge is 0.338 e. The molecule has 112 valence electrons. The molecule has 0 unspecified atom stereocenters. The zero-order chi connectivity index (χ0) is 16.2. The van der Waals surface area contributed by atoms with Crippen molar-refractivity contribution in [2.45, 2.75) is 0 Å². The number of nitrogens with zero attached hydrogens (tertiary/aromatic N) is 4. The molecule has 2 aromatic carbocycles. The zero-order valence-corrected chi connectivity index (χ0v) is 12.4. The van der Waals surface area contributed by atoms with Crippen LogP contribution in [0.2, 0.25) is 5.02 Å². The van der Waals surface area contributed by atoms with Crippen LogP contribution in [0.1, 0.15) is 5.56 Å². The van der Waals surface area contributed by atoms with E-state index in [2.05, 4.69) is 20.5 Å². The summed E-state index contributed by atoms with van der Waals surface area (Å²) in [6, 6.07) is 15.5. The van der Waals surface area contributed by atoms with Crippen molar-refractivity contribution in [1.82, 2.24) is 0 Å². The predicted octanol–water partition coefficient (Wildman–Crippen LogP) is 4.35. The van der Waals surface area contributed by atoms with Crippen molar-refractivity contribution in [2.75, 3.05) is 0 Å². The number of benzene rings is 2. The highest BCUT2D eigenvalue weighted by Crippen LogP contribution is 2.28. The van der Waals surface area contributed by atoms with Crippen LogP contribution < -0.4 is 0 Å². The van der Waals surface area contributed by atoms with Gasteiger partial charge in [0.1, 0.15) is 5.70 Å². The summed E-state index contributed by atoms with van der Waals surface area (Å²) in [5.41, 5.74) is 1.17. The highest BCUT2D eigenvalue weighted by molar-refractivity contribution is 6.44. The van der Waals surface area contributed by atoms with Gasteiger partial charge in [0.2, 0.25) is 0 Å². The van der Waals surface area contributed by atoms with Gasteiger partial charge in [-0.25, -0.2) is 0 Å². The molecule has 0 saturated heterocycles. The molecule has 1 aliphatic rings. The average molecular weight is 325 g/mol. The smallest absolute Gasteiger partial charge is 0.281 e. The number of carbonyl (C=O) groups is 2. The molecular formula is C16H9ClN4O2. The molecule has 1 aliphatic heterocycles. The number of azo groups is 2. The molecular weight excluding hydrogens is 316 g/mol. The molecule has 0 atom stereocenters. The van der Waals surface area contributed by atoms with E-state index in [0.29, 0.717) is 16.3 Å². The van der Waals surface area contributed by atoms with E-state index in [-0.39, 0.29) is 11.4 Å². The van der Waals surface area contributed by atoms with Gasteiger partial charge < -0.3 is 0 Å². The molecule has 1 heterocycles. The Bertz CT molecular complexity index is 855. The molecule has 1 amide bonds. The van der Waals surface area contributed by atoms with E-state index in [1.54, 1.807) is 48.5 Å². The molecule has 0 bridgehead atoms. The van der Waals surface area contributed by atoms with E-state index in [9.17, 15) is 9.59 Å². The van der Waals surface area contributed by atoms with Crippen molar-refractivity contribution in [2.24, 2.45) is 20.5 Å². The number of halogens is 1. The Balaban J connectivity index is 2.06. The number of Topliss-reactive ketones (excluding diaryl/α,β-unsaturated/α-hetero) is 1. The summed E-state index contributed by atoms with van der Waals surface area (Å²) in [6.45, 7) is 0. The van der Waals surface area contributed by atoms with Crippen molar-refractivity contribution in [3.05, 3.63) is 70.9 Å². The summed E-state index contributed by atoms with van der Waals surface area (Å²) in [5, 5.41) is 15.6. The van der Waals surface area contributed by atoms with Crippen molar-refractivity contribution < 1.29 is 9.59 Å². The summed E-state index contributed by atoms with van der Waals surface area (Å²) in [7, 11) is 0. The topological polar surface area (TPSA) is 83.6 Å². The molecule has 6 nitrogen and oxygen atoms in total. The molecule has 0 aliphatic carbocycles. The van der Waals surface area contributed by atoms with E-state index in [0.717, 1.165) is 0 Å². The fourth-order valence-corrected chi connectivity index (χ4v) is 2.02. The molecule has 0 aromatic heterocycles. The third kappa shape index (κ3) is 3.27. The van der Waals surface area contributed by atoms with Gasteiger partial charge in [-0.05, 0) is 24.3 Å². The van der Waals surface area contributed by atoms with Gasteiger partial charge in [-0.15, -0.1) is 15.3 Å². The standard InChI is InChI=1S/C16H9ClN4O2/c17-11-8-6-10(7-9-11)13-14(15(22)16(23)21-19-13)20-18-12-4-2-1-3-5-12/h1-9H. The fraction of sp³-hybridized carbons (Fsp3) is 0. The third-order valence-electron chi connectivity index (χ3n) is 3.01. The van der Waals surface area contributed by atoms with E-state index < -0.39 is 11.7 Å². The van der Waals surface area contributed by atoms with Crippen molar-refractivity contribution in [3.8, 4) is 0 Å². The van der Waals surface area contributed by atoms with Crippen LogP contribution in [0.15, 0.2) is 80.8 Å². The summed E-state index contributed by atoms with van der Waals surface area (Å²) in [4.78, 5) is 23.5. The Morgan fingerprint density at radius 3 is 2.22 bits per heavy atom. The quantitative estimate of drug-likeness (QED) is 0.621.